The lowest BCUT2D eigenvalue weighted by Crippen LogP contribution is -2.49. The monoisotopic (exact) mass is 162 g/mol. The zero-order valence-electron chi connectivity index (χ0n) is 6.03. The molecule has 1 aliphatic heterocycles. The molecule has 0 bridgehead atoms. The van der Waals surface area contributed by atoms with Gasteiger partial charge < -0.3 is 15.7 Å². The minimum absolute atomic E-state index is 0.0387. The fourth-order valence-electron chi connectivity index (χ4n) is 1.23. The Morgan fingerprint density at radius 2 is 2.27 bits per heavy atom. The van der Waals surface area contributed by atoms with E-state index in [1.54, 1.807) is 0 Å². The van der Waals surface area contributed by atoms with Crippen LogP contribution in [0.1, 0.15) is 6.42 Å². The molecule has 1 unspecified atom stereocenters. The largest absolute Gasteiger partial charge is 0.465 e. The first-order valence-electron chi connectivity index (χ1n) is 3.47. The van der Waals surface area contributed by atoms with Gasteiger partial charge >= 0.3 is 6.09 Å². The number of nitrogens with zero attached hydrogens (tertiary/aromatic N) is 1. The molecular formula is C6H11FN2O2. The van der Waals surface area contributed by atoms with Crippen LogP contribution < -0.4 is 5.73 Å². The molecular weight excluding hydrogens is 151 g/mol. The van der Waals surface area contributed by atoms with E-state index in [9.17, 15) is 9.18 Å². The van der Waals surface area contributed by atoms with E-state index < -0.39 is 12.3 Å². The van der Waals surface area contributed by atoms with Gasteiger partial charge in [-0.15, -0.1) is 0 Å². The minimum atomic E-state index is -1.10. The van der Waals surface area contributed by atoms with Crippen molar-refractivity contribution < 1.29 is 14.3 Å². The number of hydrogen-bond acceptors (Lipinski definition) is 2. The molecule has 1 fully saturated rings. The molecule has 1 amide bonds. The maximum absolute atomic E-state index is 12.7. The van der Waals surface area contributed by atoms with Gasteiger partial charge in [0, 0.05) is 12.6 Å². The molecule has 1 rings (SSSR count). The normalized spacial score (nSPS) is 32.0. The molecule has 64 valence electrons. The predicted molar refractivity (Wildman–Crippen MR) is 37.1 cm³/mol. The highest BCUT2D eigenvalue weighted by molar-refractivity contribution is 5.65. The van der Waals surface area contributed by atoms with Crippen molar-refractivity contribution in [1.29, 1.82) is 0 Å². The summed E-state index contributed by atoms with van der Waals surface area (Å²) in [6, 6.07) is -0.352. The van der Waals surface area contributed by atoms with E-state index in [0.717, 1.165) is 4.90 Å². The summed E-state index contributed by atoms with van der Waals surface area (Å²) in [7, 11) is 0. The quantitative estimate of drug-likeness (QED) is 0.528. The van der Waals surface area contributed by atoms with E-state index in [0.29, 0.717) is 0 Å². The van der Waals surface area contributed by atoms with E-state index in [1.807, 2.05) is 0 Å². The van der Waals surface area contributed by atoms with E-state index in [1.165, 1.54) is 0 Å². The second kappa shape index (κ2) is 3.04. The van der Waals surface area contributed by atoms with Crippen LogP contribution in [0.15, 0.2) is 0 Å². The maximum Gasteiger partial charge on any atom is 0.407 e. The first-order chi connectivity index (χ1) is 5.09. The van der Waals surface area contributed by atoms with Crippen LogP contribution in [0.5, 0.6) is 0 Å². The summed E-state index contributed by atoms with van der Waals surface area (Å²) in [5.74, 6) is 0. The third-order valence-corrected chi connectivity index (χ3v) is 1.70. The summed E-state index contributed by atoms with van der Waals surface area (Å²) in [5.41, 5.74) is 5.41. The molecule has 0 aromatic carbocycles. The van der Waals surface area contributed by atoms with Gasteiger partial charge in [-0.2, -0.15) is 0 Å². The molecule has 5 heteroatoms. The summed E-state index contributed by atoms with van der Waals surface area (Å²) in [6.07, 6.45) is -1.93. The fourth-order valence-corrected chi connectivity index (χ4v) is 1.23. The summed E-state index contributed by atoms with van der Waals surface area (Å²) >= 11 is 0. The standard InChI is InChI=1S/C6H11FN2O2/c7-4-1-5(8)3-9(2-4)6(10)11/h4-5H,1-3,8H2,(H,10,11)/t4?,5-/m0/s1. The molecule has 3 N–H and O–H groups in total. The van der Waals surface area contributed by atoms with Crippen molar-refractivity contribution in [3.05, 3.63) is 0 Å². The summed E-state index contributed by atoms with van der Waals surface area (Å²) in [4.78, 5) is 11.4. The van der Waals surface area contributed by atoms with Crippen molar-refractivity contribution in [2.24, 2.45) is 5.73 Å². The molecule has 0 aliphatic carbocycles. The highest BCUT2D eigenvalue weighted by Crippen LogP contribution is 2.11. The predicted octanol–water partition coefficient (Wildman–Crippen LogP) is 0.0355. The van der Waals surface area contributed by atoms with Crippen LogP contribution in [-0.2, 0) is 0 Å². The Bertz CT molecular complexity index is 155. The molecule has 2 atom stereocenters. The van der Waals surface area contributed by atoms with Crippen molar-refractivity contribution >= 4 is 6.09 Å². The molecule has 0 aromatic rings. The van der Waals surface area contributed by atoms with Crippen LogP contribution in [0.2, 0.25) is 0 Å². The van der Waals surface area contributed by atoms with Gasteiger partial charge in [-0.25, -0.2) is 9.18 Å². The highest BCUT2D eigenvalue weighted by Gasteiger charge is 2.27. The Hall–Kier alpha value is -0.840. The maximum atomic E-state index is 12.7. The Labute approximate surface area is 63.8 Å². The SMILES string of the molecule is N[C@H]1CC(F)CN(C(=O)O)C1. The molecule has 4 nitrogen and oxygen atoms in total. The van der Waals surface area contributed by atoms with Crippen LogP contribution in [0.4, 0.5) is 9.18 Å². The summed E-state index contributed by atoms with van der Waals surface area (Å²) in [5, 5.41) is 8.48. The number of hydrogen-bond donors (Lipinski definition) is 2. The molecule has 0 spiro atoms. The smallest absolute Gasteiger partial charge is 0.407 e. The van der Waals surface area contributed by atoms with Gasteiger partial charge in [-0.1, -0.05) is 0 Å². The third kappa shape index (κ3) is 2.04. The fraction of sp³-hybridized carbons (Fsp3) is 0.833. The van der Waals surface area contributed by atoms with Crippen LogP contribution in [0.25, 0.3) is 0 Å². The van der Waals surface area contributed by atoms with Crippen molar-refractivity contribution in [1.82, 2.24) is 4.90 Å². The summed E-state index contributed by atoms with van der Waals surface area (Å²) < 4.78 is 12.7. The zero-order chi connectivity index (χ0) is 8.43. The molecule has 1 saturated heterocycles. The Kier molecular flexibility index (Phi) is 2.28. The average molecular weight is 162 g/mol. The van der Waals surface area contributed by atoms with Crippen LogP contribution >= 0.6 is 0 Å². The molecule has 0 saturated carbocycles. The number of rotatable bonds is 0. The van der Waals surface area contributed by atoms with E-state index in [2.05, 4.69) is 0 Å². The third-order valence-electron chi connectivity index (χ3n) is 1.70. The van der Waals surface area contributed by atoms with Gasteiger partial charge in [0.25, 0.3) is 0 Å². The van der Waals surface area contributed by atoms with Gasteiger partial charge in [-0.05, 0) is 6.42 Å². The molecule has 0 radical (unpaired) electrons. The minimum Gasteiger partial charge on any atom is -0.465 e. The topological polar surface area (TPSA) is 66.6 Å². The van der Waals surface area contributed by atoms with Crippen LogP contribution in [-0.4, -0.2) is 41.4 Å². The number of likely N-dealkylation sites (tertiary alicyclic amines) is 1. The van der Waals surface area contributed by atoms with Crippen LogP contribution in [0.3, 0.4) is 0 Å². The first-order valence-corrected chi connectivity index (χ1v) is 3.47. The lowest BCUT2D eigenvalue weighted by atomic mass is 10.1. The molecule has 0 aromatic heterocycles. The number of nitrogens with two attached hydrogens (primary N) is 1. The van der Waals surface area contributed by atoms with Crippen molar-refractivity contribution in [2.75, 3.05) is 13.1 Å². The molecule has 1 heterocycles. The van der Waals surface area contributed by atoms with Gasteiger partial charge in [0.2, 0.25) is 0 Å². The molecule has 1 aliphatic rings. The number of piperidine rings is 1. The second-order valence-electron chi connectivity index (χ2n) is 2.78. The first kappa shape index (κ1) is 8.26. The van der Waals surface area contributed by atoms with Crippen molar-refractivity contribution in [3.8, 4) is 0 Å². The van der Waals surface area contributed by atoms with Gasteiger partial charge in [0.1, 0.15) is 6.17 Å². The van der Waals surface area contributed by atoms with Crippen molar-refractivity contribution in [2.45, 2.75) is 18.6 Å². The second-order valence-corrected chi connectivity index (χ2v) is 2.78. The lowest BCUT2D eigenvalue weighted by Gasteiger charge is -2.30. The average Bonchev–Trinajstić information content (AvgIpc) is 1.85. The number of amides is 1. The summed E-state index contributed by atoms with van der Waals surface area (Å²) in [6.45, 7) is 0.207. The van der Waals surface area contributed by atoms with Gasteiger partial charge in [0.05, 0.1) is 6.54 Å². The number of halogens is 1. The molecule has 11 heavy (non-hydrogen) atoms. The van der Waals surface area contributed by atoms with E-state index >= 15 is 0 Å². The Morgan fingerprint density at radius 1 is 1.64 bits per heavy atom. The Balaban J connectivity index is 2.49. The van der Waals surface area contributed by atoms with Crippen LogP contribution in [0, 0.1) is 0 Å². The number of alkyl halides is 1. The number of carbonyl (C=O) groups is 1. The highest BCUT2D eigenvalue weighted by atomic mass is 19.1. The lowest BCUT2D eigenvalue weighted by molar-refractivity contribution is 0.0991. The van der Waals surface area contributed by atoms with Gasteiger partial charge in [-0.3, -0.25) is 0 Å². The van der Waals surface area contributed by atoms with E-state index in [-0.39, 0.29) is 25.6 Å². The van der Waals surface area contributed by atoms with E-state index in [4.69, 9.17) is 10.8 Å². The Morgan fingerprint density at radius 3 is 2.73 bits per heavy atom. The zero-order valence-corrected chi connectivity index (χ0v) is 6.03. The van der Waals surface area contributed by atoms with Gasteiger partial charge in [0.15, 0.2) is 0 Å². The van der Waals surface area contributed by atoms with Crippen molar-refractivity contribution in [3.63, 3.8) is 0 Å². The number of carboxylic acid groups (broad SMARTS) is 1.